The van der Waals surface area contributed by atoms with E-state index in [1.807, 2.05) is 0 Å². The Balaban J connectivity index is 1.98. The summed E-state index contributed by atoms with van der Waals surface area (Å²) in [6.45, 7) is 7.78. The highest BCUT2D eigenvalue weighted by Crippen LogP contribution is 2.29. The summed E-state index contributed by atoms with van der Waals surface area (Å²) in [6, 6.07) is 6.23. The molecule has 53 heavy (non-hydrogen) atoms. The third-order valence-corrected chi connectivity index (χ3v) is 8.58. The molecule has 1 aromatic carbocycles. The van der Waals surface area contributed by atoms with Gasteiger partial charge in [-0.25, -0.2) is 9.59 Å². The number of aliphatic hydroxyl groups excluding tert-OH is 1. The fourth-order valence-electron chi connectivity index (χ4n) is 5.83. The Morgan fingerprint density at radius 2 is 1.72 bits per heavy atom. The number of hydrogen-bond donors (Lipinski definition) is 4. The lowest BCUT2D eigenvalue weighted by Crippen LogP contribution is -2.38. The molecular formula is C38H47N3O12. The van der Waals surface area contributed by atoms with Crippen molar-refractivity contribution in [1.82, 2.24) is 10.6 Å². The minimum atomic E-state index is -1.07. The Labute approximate surface area is 307 Å². The summed E-state index contributed by atoms with van der Waals surface area (Å²) in [4.78, 5) is 76.5. The zero-order valence-corrected chi connectivity index (χ0v) is 30.8. The summed E-state index contributed by atoms with van der Waals surface area (Å²) in [5, 5.41) is 16.3. The first-order chi connectivity index (χ1) is 25.0. The molecule has 0 radical (unpaired) electrons. The summed E-state index contributed by atoms with van der Waals surface area (Å²) in [5.74, 6) is -3.26. The van der Waals surface area contributed by atoms with Gasteiger partial charge in [0.2, 0.25) is 11.6 Å². The van der Waals surface area contributed by atoms with Gasteiger partial charge in [0.05, 0.1) is 23.6 Å². The van der Waals surface area contributed by atoms with E-state index in [2.05, 4.69) is 10.6 Å². The SMILES string of the molecule is CO[C@H]1/C=C\C=C(/C)C(=O)NC2=CC(=O)C(NC(=O)OCc3ccc(OC(C)=O)cc3)=C(C[C@@H](C)C[C@H](OC)[C@H](O)[C@@H](C)/C=C(\C)[C@@H]1OC(N)=O)C2=O. The van der Waals surface area contributed by atoms with Crippen molar-refractivity contribution in [2.45, 2.75) is 78.5 Å². The van der Waals surface area contributed by atoms with Crippen molar-refractivity contribution >= 4 is 35.6 Å². The number of amides is 3. The van der Waals surface area contributed by atoms with Gasteiger partial charge in [0.1, 0.15) is 18.5 Å². The van der Waals surface area contributed by atoms with Crippen LogP contribution in [0.4, 0.5) is 9.59 Å². The number of rotatable bonds is 7. The van der Waals surface area contributed by atoms with E-state index in [-0.39, 0.29) is 42.0 Å². The van der Waals surface area contributed by atoms with Gasteiger partial charge >= 0.3 is 18.2 Å². The normalized spacial score (nSPS) is 27.2. The lowest BCUT2D eigenvalue weighted by atomic mass is 9.85. The van der Waals surface area contributed by atoms with E-state index in [0.29, 0.717) is 16.9 Å². The van der Waals surface area contributed by atoms with E-state index in [0.717, 1.165) is 6.08 Å². The molecule has 1 aromatic rings. The fraction of sp³-hybridized carbons (Fsp3) is 0.421. The number of nitrogens with two attached hydrogens (primary N) is 1. The average molecular weight is 738 g/mol. The Morgan fingerprint density at radius 3 is 2.32 bits per heavy atom. The summed E-state index contributed by atoms with van der Waals surface area (Å²) in [7, 11) is 2.83. The number of ketones is 2. The molecule has 3 rings (SSSR count). The van der Waals surface area contributed by atoms with Crippen LogP contribution in [0.15, 0.2) is 82.8 Å². The molecule has 0 saturated carbocycles. The maximum absolute atomic E-state index is 13.9. The van der Waals surface area contributed by atoms with Crippen molar-refractivity contribution in [3.05, 3.63) is 88.3 Å². The van der Waals surface area contributed by atoms with Gasteiger partial charge in [-0.15, -0.1) is 0 Å². The molecule has 5 N–H and O–H groups in total. The molecule has 0 spiro atoms. The van der Waals surface area contributed by atoms with Crippen LogP contribution in [-0.4, -0.2) is 79.4 Å². The minimum absolute atomic E-state index is 0.0531. The molecule has 1 aliphatic carbocycles. The molecule has 0 aromatic heterocycles. The van der Waals surface area contributed by atoms with E-state index < -0.39 is 71.9 Å². The first-order valence-electron chi connectivity index (χ1n) is 16.8. The van der Waals surface area contributed by atoms with Gasteiger partial charge < -0.3 is 39.8 Å². The van der Waals surface area contributed by atoms with Crippen LogP contribution in [0.3, 0.4) is 0 Å². The zero-order valence-electron chi connectivity index (χ0n) is 30.8. The number of aliphatic hydroxyl groups is 1. The third-order valence-electron chi connectivity index (χ3n) is 8.58. The molecule has 1 heterocycles. The Bertz CT molecular complexity index is 1720. The molecule has 3 amide bonds. The van der Waals surface area contributed by atoms with Crippen molar-refractivity contribution in [3.63, 3.8) is 0 Å². The predicted octanol–water partition coefficient (Wildman–Crippen LogP) is 3.61. The fourth-order valence-corrected chi connectivity index (χ4v) is 5.83. The van der Waals surface area contributed by atoms with Crippen molar-refractivity contribution in [2.75, 3.05) is 14.2 Å². The van der Waals surface area contributed by atoms with Gasteiger partial charge in [0.25, 0.3) is 5.91 Å². The second-order valence-corrected chi connectivity index (χ2v) is 12.9. The number of Topliss-reactive ketones (excluding diaryl/α,β-unsaturated/α-hetero) is 1. The maximum Gasteiger partial charge on any atom is 0.412 e. The Kier molecular flexibility index (Phi) is 15.4. The lowest BCUT2D eigenvalue weighted by Gasteiger charge is -2.30. The van der Waals surface area contributed by atoms with Gasteiger partial charge in [0.15, 0.2) is 6.10 Å². The highest BCUT2D eigenvalue weighted by Gasteiger charge is 2.34. The smallest absolute Gasteiger partial charge is 0.412 e. The van der Waals surface area contributed by atoms with E-state index in [1.165, 1.54) is 52.4 Å². The molecule has 0 saturated heterocycles. The van der Waals surface area contributed by atoms with Crippen LogP contribution in [-0.2, 0) is 44.7 Å². The number of esters is 1. The van der Waals surface area contributed by atoms with Crippen molar-refractivity contribution in [1.29, 1.82) is 0 Å². The Morgan fingerprint density at radius 1 is 1.04 bits per heavy atom. The van der Waals surface area contributed by atoms with Crippen molar-refractivity contribution < 1.29 is 57.6 Å². The van der Waals surface area contributed by atoms with E-state index in [1.54, 1.807) is 45.1 Å². The zero-order chi connectivity index (χ0) is 39.4. The molecule has 286 valence electrons. The average Bonchev–Trinajstić information content (AvgIpc) is 3.10. The number of fused-ring (bicyclic) bond motifs is 2. The Hall–Kier alpha value is -5.38. The molecule has 0 fully saturated rings. The number of methoxy groups -OCH3 is 2. The molecule has 15 nitrogen and oxygen atoms in total. The number of hydrogen-bond acceptors (Lipinski definition) is 12. The second kappa shape index (κ2) is 19.5. The van der Waals surface area contributed by atoms with E-state index in [4.69, 9.17) is 29.4 Å². The van der Waals surface area contributed by atoms with Crippen LogP contribution in [0.25, 0.3) is 0 Å². The summed E-state index contributed by atoms with van der Waals surface area (Å²) in [6.07, 6.45) is 1.57. The van der Waals surface area contributed by atoms with Crippen molar-refractivity contribution in [3.8, 4) is 5.75 Å². The molecular weight excluding hydrogens is 690 g/mol. The van der Waals surface area contributed by atoms with Crippen LogP contribution >= 0.6 is 0 Å². The molecule has 2 bridgehead atoms. The number of ether oxygens (including phenoxy) is 5. The van der Waals surface area contributed by atoms with Gasteiger partial charge in [-0.1, -0.05) is 50.3 Å². The molecule has 6 atom stereocenters. The quantitative estimate of drug-likeness (QED) is 0.137. The molecule has 1 aliphatic heterocycles. The molecule has 2 aliphatic rings. The van der Waals surface area contributed by atoms with Crippen LogP contribution in [0.2, 0.25) is 0 Å². The number of primary amides is 1. The van der Waals surface area contributed by atoms with Gasteiger partial charge in [-0.05, 0) is 55.9 Å². The van der Waals surface area contributed by atoms with Gasteiger partial charge in [0, 0.05) is 44.3 Å². The first kappa shape index (κ1) is 42.0. The van der Waals surface area contributed by atoms with Crippen molar-refractivity contribution in [2.24, 2.45) is 17.6 Å². The van der Waals surface area contributed by atoms with Crippen LogP contribution < -0.4 is 21.1 Å². The largest absolute Gasteiger partial charge is 0.444 e. The van der Waals surface area contributed by atoms with Crippen LogP contribution in [0.1, 0.15) is 53.0 Å². The summed E-state index contributed by atoms with van der Waals surface area (Å²) < 4.78 is 26.9. The maximum atomic E-state index is 13.9. The first-order valence-corrected chi connectivity index (χ1v) is 16.8. The number of nitrogens with one attached hydrogen (secondary N) is 2. The van der Waals surface area contributed by atoms with E-state index in [9.17, 15) is 33.9 Å². The highest BCUT2D eigenvalue weighted by molar-refractivity contribution is 6.24. The monoisotopic (exact) mass is 737 g/mol. The number of benzene rings is 1. The number of alkyl carbamates (subject to hydrolysis) is 1. The molecule has 15 heteroatoms. The number of allylic oxidation sites excluding steroid dienone is 4. The molecule has 0 unspecified atom stereocenters. The summed E-state index contributed by atoms with van der Waals surface area (Å²) in [5.41, 5.74) is 5.91. The van der Waals surface area contributed by atoms with Gasteiger partial charge in [-0.2, -0.15) is 0 Å². The minimum Gasteiger partial charge on any atom is -0.444 e. The standard InChI is InChI=1S/C38H47N3O12/c1-20-15-27-32(41-38(48)51-19-25-11-13-26(14-12-25)52-24(5)42)29(43)18-28(34(27)45)40-36(46)21(2)9-8-10-30(49-6)35(53-37(39)47)23(4)17-22(3)33(44)31(16-20)50-7/h8-14,17-18,20,22,30-31,33,35,44H,15-16,19H2,1-7H3,(H2,39,47)(H,40,46)(H,41,48)/b10-8-,21-9+,23-17+/t20-,22+,30+,31+,33-,35+/m1/s1. The van der Waals surface area contributed by atoms with Crippen LogP contribution in [0, 0.1) is 11.8 Å². The number of carbonyl (C=O) groups excluding carboxylic acids is 6. The van der Waals surface area contributed by atoms with E-state index >= 15 is 0 Å². The highest BCUT2D eigenvalue weighted by atomic mass is 16.6. The lowest BCUT2D eigenvalue weighted by molar-refractivity contribution is -0.132. The van der Waals surface area contributed by atoms with Gasteiger partial charge in [-0.3, -0.25) is 24.5 Å². The summed E-state index contributed by atoms with van der Waals surface area (Å²) >= 11 is 0. The van der Waals surface area contributed by atoms with Crippen LogP contribution in [0.5, 0.6) is 5.75 Å². The topological polar surface area (TPSA) is 219 Å². The number of carbonyl (C=O) groups is 6. The second-order valence-electron chi connectivity index (χ2n) is 12.9. The third kappa shape index (κ3) is 12.1. The predicted molar refractivity (Wildman–Crippen MR) is 191 cm³/mol.